The normalized spacial score (nSPS) is 19.8. The maximum Gasteiger partial charge on any atom is 0.224 e. The van der Waals surface area contributed by atoms with Crippen LogP contribution in [0, 0.1) is 19.8 Å². The Balaban J connectivity index is 1.80. The Morgan fingerprint density at radius 1 is 1.46 bits per heavy atom. The molecule has 1 fully saturated rings. The zero-order valence-electron chi connectivity index (χ0n) is 15.0. The first-order valence-electron chi connectivity index (χ1n) is 8.87. The number of likely N-dealkylation sites (tertiary alicyclic amines) is 1. The summed E-state index contributed by atoms with van der Waals surface area (Å²) >= 11 is 0. The van der Waals surface area contributed by atoms with Gasteiger partial charge >= 0.3 is 0 Å². The molecule has 0 saturated carbocycles. The van der Waals surface area contributed by atoms with E-state index in [1.165, 1.54) is 0 Å². The van der Waals surface area contributed by atoms with E-state index in [2.05, 4.69) is 10.2 Å². The molecule has 24 heavy (non-hydrogen) atoms. The monoisotopic (exact) mass is 334 g/mol. The number of hydrogen-bond donors (Lipinski definition) is 2. The van der Waals surface area contributed by atoms with Gasteiger partial charge in [0.1, 0.15) is 18.5 Å². The predicted octanol–water partition coefficient (Wildman–Crippen LogP) is 1.89. The summed E-state index contributed by atoms with van der Waals surface area (Å²) in [4.78, 5) is 14.2. The van der Waals surface area contributed by atoms with Crippen LogP contribution in [0.25, 0.3) is 0 Å². The molecule has 0 radical (unpaired) electrons. The van der Waals surface area contributed by atoms with E-state index < -0.39 is 6.10 Å². The average molecular weight is 334 g/mol. The molecule has 1 saturated heterocycles. The summed E-state index contributed by atoms with van der Waals surface area (Å²) in [6.07, 6.45) is 1.36. The standard InChI is InChI=1S/C19H30N2O3/c1-4-20-19(23)16-6-5-9-21(11-16)12-17(22)13-24-18-10-14(2)7-8-15(18)3/h7-8,10,16-17,22H,4-6,9,11-13H2,1-3H3,(H,20,23). The number of aryl methyl sites for hydroxylation is 2. The molecule has 1 aromatic carbocycles. The van der Waals surface area contributed by atoms with E-state index >= 15 is 0 Å². The van der Waals surface area contributed by atoms with E-state index in [9.17, 15) is 9.90 Å². The summed E-state index contributed by atoms with van der Waals surface area (Å²) in [6.45, 7) is 9.09. The molecule has 0 bridgehead atoms. The Labute approximate surface area is 145 Å². The molecule has 2 unspecified atom stereocenters. The van der Waals surface area contributed by atoms with Crippen LogP contribution in [-0.2, 0) is 4.79 Å². The number of ether oxygens (including phenoxy) is 1. The molecule has 2 atom stereocenters. The summed E-state index contributed by atoms with van der Waals surface area (Å²) in [6, 6.07) is 6.07. The summed E-state index contributed by atoms with van der Waals surface area (Å²) < 4.78 is 5.78. The smallest absolute Gasteiger partial charge is 0.224 e. The zero-order valence-corrected chi connectivity index (χ0v) is 15.0. The second-order valence-corrected chi connectivity index (χ2v) is 6.73. The number of benzene rings is 1. The molecule has 5 nitrogen and oxygen atoms in total. The molecule has 2 rings (SSSR count). The van der Waals surface area contributed by atoms with Crippen LogP contribution in [0.3, 0.4) is 0 Å². The first-order chi connectivity index (χ1) is 11.5. The molecule has 5 heteroatoms. The van der Waals surface area contributed by atoms with Gasteiger partial charge in [-0.05, 0) is 57.4 Å². The maximum absolute atomic E-state index is 12.0. The molecule has 1 heterocycles. The quantitative estimate of drug-likeness (QED) is 0.799. The van der Waals surface area contributed by atoms with Gasteiger partial charge in [-0.2, -0.15) is 0 Å². The Kier molecular flexibility index (Phi) is 7.06. The Morgan fingerprint density at radius 2 is 2.25 bits per heavy atom. The first-order valence-corrected chi connectivity index (χ1v) is 8.87. The van der Waals surface area contributed by atoms with Crippen LogP contribution in [0.1, 0.15) is 30.9 Å². The molecule has 1 amide bonds. The number of piperidine rings is 1. The fourth-order valence-corrected chi connectivity index (χ4v) is 3.15. The summed E-state index contributed by atoms with van der Waals surface area (Å²) in [5, 5.41) is 13.2. The average Bonchev–Trinajstić information content (AvgIpc) is 2.56. The largest absolute Gasteiger partial charge is 0.491 e. The van der Waals surface area contributed by atoms with Gasteiger partial charge in [0.15, 0.2) is 0 Å². The number of β-amino-alcohol motifs (C(OH)–C–C–N with tert-alkyl or cyclic N) is 1. The lowest BCUT2D eigenvalue weighted by atomic mass is 9.97. The Bertz CT molecular complexity index is 547. The number of nitrogens with one attached hydrogen (secondary N) is 1. The van der Waals surface area contributed by atoms with Gasteiger partial charge in [0.2, 0.25) is 5.91 Å². The number of rotatable bonds is 7. The number of aliphatic hydroxyl groups excluding tert-OH is 1. The highest BCUT2D eigenvalue weighted by Gasteiger charge is 2.26. The minimum absolute atomic E-state index is 0.0332. The topological polar surface area (TPSA) is 61.8 Å². The zero-order chi connectivity index (χ0) is 17.5. The predicted molar refractivity (Wildman–Crippen MR) is 95.3 cm³/mol. The van der Waals surface area contributed by atoms with E-state index in [1.807, 2.05) is 39.0 Å². The third-order valence-corrected chi connectivity index (χ3v) is 4.47. The van der Waals surface area contributed by atoms with Crippen molar-refractivity contribution in [2.45, 2.75) is 39.7 Å². The van der Waals surface area contributed by atoms with Crippen molar-refractivity contribution in [3.63, 3.8) is 0 Å². The van der Waals surface area contributed by atoms with E-state index in [4.69, 9.17) is 4.74 Å². The molecule has 0 spiro atoms. The number of amides is 1. The van der Waals surface area contributed by atoms with Crippen LogP contribution < -0.4 is 10.1 Å². The number of nitrogens with zero attached hydrogens (tertiary/aromatic N) is 1. The van der Waals surface area contributed by atoms with Gasteiger partial charge < -0.3 is 15.2 Å². The number of hydrogen-bond acceptors (Lipinski definition) is 4. The molecule has 0 aliphatic carbocycles. The fourth-order valence-electron chi connectivity index (χ4n) is 3.15. The van der Waals surface area contributed by atoms with Crippen molar-refractivity contribution >= 4 is 5.91 Å². The van der Waals surface area contributed by atoms with Crippen molar-refractivity contribution < 1.29 is 14.6 Å². The van der Waals surface area contributed by atoms with Crippen molar-refractivity contribution in [2.24, 2.45) is 5.92 Å². The lowest BCUT2D eigenvalue weighted by Crippen LogP contribution is -2.46. The first kappa shape index (κ1) is 18.7. The lowest BCUT2D eigenvalue weighted by Gasteiger charge is -2.33. The molecule has 1 aliphatic rings. The van der Waals surface area contributed by atoms with Crippen LogP contribution >= 0.6 is 0 Å². The maximum atomic E-state index is 12.0. The van der Waals surface area contributed by atoms with E-state index in [0.717, 1.165) is 36.3 Å². The molecule has 1 aromatic rings. The summed E-state index contributed by atoms with van der Waals surface area (Å²) in [5.74, 6) is 0.988. The molecule has 2 N–H and O–H groups in total. The highest BCUT2D eigenvalue weighted by atomic mass is 16.5. The van der Waals surface area contributed by atoms with Gasteiger partial charge in [-0.1, -0.05) is 12.1 Å². The lowest BCUT2D eigenvalue weighted by molar-refractivity contribution is -0.126. The molecule has 134 valence electrons. The minimum atomic E-state index is -0.558. The third-order valence-electron chi connectivity index (χ3n) is 4.47. The second-order valence-electron chi connectivity index (χ2n) is 6.73. The van der Waals surface area contributed by atoms with Crippen LogP contribution in [0.15, 0.2) is 18.2 Å². The Morgan fingerprint density at radius 3 is 3.00 bits per heavy atom. The van der Waals surface area contributed by atoms with Crippen LogP contribution in [0.5, 0.6) is 5.75 Å². The SMILES string of the molecule is CCNC(=O)C1CCCN(CC(O)COc2cc(C)ccc2C)C1. The molecule has 1 aliphatic heterocycles. The van der Waals surface area contributed by atoms with Crippen molar-refractivity contribution in [2.75, 3.05) is 32.8 Å². The van der Waals surface area contributed by atoms with Crippen molar-refractivity contribution in [3.05, 3.63) is 29.3 Å². The molecular weight excluding hydrogens is 304 g/mol. The van der Waals surface area contributed by atoms with E-state index in [0.29, 0.717) is 19.6 Å². The number of carbonyl (C=O) groups excluding carboxylic acids is 1. The second kappa shape index (κ2) is 9.04. The van der Waals surface area contributed by atoms with E-state index in [-0.39, 0.29) is 18.4 Å². The van der Waals surface area contributed by atoms with Crippen LogP contribution in [-0.4, -0.2) is 54.8 Å². The van der Waals surface area contributed by atoms with Gasteiger partial charge in [0, 0.05) is 19.6 Å². The van der Waals surface area contributed by atoms with Crippen molar-refractivity contribution in [3.8, 4) is 5.75 Å². The van der Waals surface area contributed by atoms with Gasteiger partial charge in [0.05, 0.1) is 5.92 Å². The molecular formula is C19H30N2O3. The highest BCUT2D eigenvalue weighted by Crippen LogP contribution is 2.20. The summed E-state index contributed by atoms with van der Waals surface area (Å²) in [7, 11) is 0. The van der Waals surface area contributed by atoms with Gasteiger partial charge in [-0.25, -0.2) is 0 Å². The Hall–Kier alpha value is -1.59. The fraction of sp³-hybridized carbons (Fsp3) is 0.632. The van der Waals surface area contributed by atoms with Gasteiger partial charge in [0.25, 0.3) is 0 Å². The van der Waals surface area contributed by atoms with Gasteiger partial charge in [-0.3, -0.25) is 9.69 Å². The van der Waals surface area contributed by atoms with E-state index in [1.54, 1.807) is 0 Å². The number of carbonyl (C=O) groups is 1. The van der Waals surface area contributed by atoms with Crippen molar-refractivity contribution in [1.29, 1.82) is 0 Å². The minimum Gasteiger partial charge on any atom is -0.491 e. The van der Waals surface area contributed by atoms with Crippen molar-refractivity contribution in [1.82, 2.24) is 10.2 Å². The highest BCUT2D eigenvalue weighted by molar-refractivity contribution is 5.78. The van der Waals surface area contributed by atoms with Crippen LogP contribution in [0.4, 0.5) is 0 Å². The third kappa shape index (κ3) is 5.49. The summed E-state index contributed by atoms with van der Waals surface area (Å²) in [5.41, 5.74) is 2.22. The molecule has 0 aromatic heterocycles. The van der Waals surface area contributed by atoms with Gasteiger partial charge in [-0.15, -0.1) is 0 Å². The number of aliphatic hydroxyl groups is 1. The van der Waals surface area contributed by atoms with Crippen LogP contribution in [0.2, 0.25) is 0 Å².